The second-order valence-corrected chi connectivity index (χ2v) is 5.59. The van der Waals surface area contributed by atoms with Crippen LogP contribution in [0.5, 0.6) is 11.5 Å². The van der Waals surface area contributed by atoms with E-state index in [4.69, 9.17) is 9.47 Å². The number of halogens is 2. The third-order valence-electron chi connectivity index (χ3n) is 3.52. The van der Waals surface area contributed by atoms with Crippen LogP contribution in [0.15, 0.2) is 10.5 Å². The van der Waals surface area contributed by atoms with E-state index in [1.807, 2.05) is 0 Å². The second-order valence-electron chi connectivity index (χ2n) is 4.74. The zero-order chi connectivity index (χ0) is 13.8. The Morgan fingerprint density at radius 2 is 2.16 bits per heavy atom. The van der Waals surface area contributed by atoms with Crippen molar-refractivity contribution in [3.05, 3.63) is 21.9 Å². The van der Waals surface area contributed by atoms with Gasteiger partial charge in [-0.3, -0.25) is 0 Å². The standard InChI is InChI=1S/C14H19BrFNO2/c1-18-12-8-11(15)13(16)10(14(12)19-2)7-9-5-3-4-6-17-9/h8-9,17H,3-7H2,1-2H3. The lowest BCUT2D eigenvalue weighted by atomic mass is 9.96. The molecule has 0 bridgehead atoms. The summed E-state index contributed by atoms with van der Waals surface area (Å²) in [5.74, 6) is 0.794. The second kappa shape index (κ2) is 6.57. The van der Waals surface area contributed by atoms with Crippen LogP contribution in [-0.2, 0) is 6.42 Å². The van der Waals surface area contributed by atoms with Crippen molar-refractivity contribution in [1.29, 1.82) is 0 Å². The molecule has 0 spiro atoms. The van der Waals surface area contributed by atoms with E-state index in [2.05, 4.69) is 21.2 Å². The van der Waals surface area contributed by atoms with E-state index in [0.29, 0.717) is 34.0 Å². The van der Waals surface area contributed by atoms with Gasteiger partial charge in [0.2, 0.25) is 0 Å². The van der Waals surface area contributed by atoms with Crippen LogP contribution in [0.3, 0.4) is 0 Å². The Hall–Kier alpha value is -0.810. The minimum Gasteiger partial charge on any atom is -0.493 e. The van der Waals surface area contributed by atoms with Crippen LogP contribution < -0.4 is 14.8 Å². The van der Waals surface area contributed by atoms with Gasteiger partial charge in [-0.1, -0.05) is 6.42 Å². The number of rotatable bonds is 4. The maximum Gasteiger partial charge on any atom is 0.166 e. The molecule has 1 unspecified atom stereocenters. The van der Waals surface area contributed by atoms with Crippen molar-refractivity contribution in [3.8, 4) is 11.5 Å². The quantitative estimate of drug-likeness (QED) is 0.918. The Morgan fingerprint density at radius 1 is 1.37 bits per heavy atom. The fraction of sp³-hybridized carbons (Fsp3) is 0.571. The van der Waals surface area contributed by atoms with E-state index in [0.717, 1.165) is 13.0 Å². The maximum absolute atomic E-state index is 14.3. The topological polar surface area (TPSA) is 30.5 Å². The third kappa shape index (κ3) is 3.20. The van der Waals surface area contributed by atoms with Gasteiger partial charge in [-0.25, -0.2) is 4.39 Å². The van der Waals surface area contributed by atoms with Gasteiger partial charge in [0.25, 0.3) is 0 Å². The average Bonchev–Trinajstić information content (AvgIpc) is 2.44. The van der Waals surface area contributed by atoms with Gasteiger partial charge in [0, 0.05) is 17.7 Å². The lowest BCUT2D eigenvalue weighted by molar-refractivity contribution is 0.340. The number of hydrogen-bond acceptors (Lipinski definition) is 3. The molecule has 0 radical (unpaired) electrons. The van der Waals surface area contributed by atoms with Gasteiger partial charge in [0.1, 0.15) is 5.82 Å². The van der Waals surface area contributed by atoms with E-state index >= 15 is 0 Å². The molecule has 1 aromatic carbocycles. The van der Waals surface area contributed by atoms with Crippen LogP contribution in [0.2, 0.25) is 0 Å². The zero-order valence-electron chi connectivity index (χ0n) is 11.3. The molecule has 2 rings (SSSR count). The molecule has 1 aliphatic rings. The minimum atomic E-state index is -0.259. The molecule has 0 saturated carbocycles. The molecular formula is C14H19BrFNO2. The van der Waals surface area contributed by atoms with Crippen LogP contribution in [0.1, 0.15) is 24.8 Å². The highest BCUT2D eigenvalue weighted by atomic mass is 79.9. The van der Waals surface area contributed by atoms with Crippen molar-refractivity contribution in [3.63, 3.8) is 0 Å². The van der Waals surface area contributed by atoms with E-state index in [9.17, 15) is 4.39 Å². The molecule has 1 atom stereocenters. The normalized spacial score (nSPS) is 19.3. The predicted molar refractivity (Wildman–Crippen MR) is 76.5 cm³/mol. The van der Waals surface area contributed by atoms with Crippen molar-refractivity contribution in [2.75, 3.05) is 20.8 Å². The Labute approximate surface area is 121 Å². The Balaban J connectivity index is 2.33. The summed E-state index contributed by atoms with van der Waals surface area (Å²) in [6.07, 6.45) is 4.06. The first-order valence-electron chi connectivity index (χ1n) is 6.49. The first-order valence-corrected chi connectivity index (χ1v) is 7.29. The first kappa shape index (κ1) is 14.6. The average molecular weight is 332 g/mol. The predicted octanol–water partition coefficient (Wildman–Crippen LogP) is 3.29. The fourth-order valence-electron chi connectivity index (χ4n) is 2.54. The monoisotopic (exact) mass is 331 g/mol. The van der Waals surface area contributed by atoms with Gasteiger partial charge in [0.15, 0.2) is 11.5 Å². The smallest absolute Gasteiger partial charge is 0.166 e. The molecular weight excluding hydrogens is 313 g/mol. The summed E-state index contributed by atoms with van der Waals surface area (Å²) < 4.78 is 25.3. The molecule has 106 valence electrons. The van der Waals surface area contributed by atoms with Crippen molar-refractivity contribution < 1.29 is 13.9 Å². The molecule has 0 aliphatic carbocycles. The lowest BCUT2D eigenvalue weighted by Gasteiger charge is -2.25. The van der Waals surface area contributed by atoms with Crippen LogP contribution in [0, 0.1) is 5.82 Å². The highest BCUT2D eigenvalue weighted by molar-refractivity contribution is 9.10. The molecule has 1 N–H and O–H groups in total. The van der Waals surface area contributed by atoms with Crippen molar-refractivity contribution in [1.82, 2.24) is 5.32 Å². The van der Waals surface area contributed by atoms with Gasteiger partial charge in [-0.2, -0.15) is 0 Å². The largest absolute Gasteiger partial charge is 0.493 e. The first-order chi connectivity index (χ1) is 9.17. The number of nitrogens with one attached hydrogen (secondary N) is 1. The summed E-state index contributed by atoms with van der Waals surface area (Å²) in [6.45, 7) is 1.000. The molecule has 0 amide bonds. The Kier molecular flexibility index (Phi) is 5.05. The number of methoxy groups -OCH3 is 2. The van der Waals surface area contributed by atoms with Gasteiger partial charge >= 0.3 is 0 Å². The maximum atomic E-state index is 14.3. The van der Waals surface area contributed by atoms with Gasteiger partial charge in [-0.05, 0) is 41.7 Å². The molecule has 0 aromatic heterocycles. The van der Waals surface area contributed by atoms with Crippen molar-refractivity contribution in [2.45, 2.75) is 31.7 Å². The van der Waals surface area contributed by atoms with Crippen LogP contribution in [0.25, 0.3) is 0 Å². The summed E-state index contributed by atoms with van der Waals surface area (Å²) >= 11 is 3.23. The molecule has 1 aliphatic heterocycles. The minimum absolute atomic E-state index is 0.259. The summed E-state index contributed by atoms with van der Waals surface area (Å²) in [5.41, 5.74) is 0.577. The molecule has 1 saturated heterocycles. The molecule has 19 heavy (non-hydrogen) atoms. The highest BCUT2D eigenvalue weighted by Gasteiger charge is 2.22. The van der Waals surface area contributed by atoms with Gasteiger partial charge in [-0.15, -0.1) is 0 Å². The highest BCUT2D eigenvalue weighted by Crippen LogP contribution is 2.38. The molecule has 1 fully saturated rings. The van der Waals surface area contributed by atoms with Crippen LogP contribution in [-0.4, -0.2) is 26.8 Å². The lowest BCUT2D eigenvalue weighted by Crippen LogP contribution is -2.35. The molecule has 3 nitrogen and oxygen atoms in total. The number of ether oxygens (including phenoxy) is 2. The van der Waals surface area contributed by atoms with Crippen molar-refractivity contribution >= 4 is 15.9 Å². The number of hydrogen-bond donors (Lipinski definition) is 1. The Morgan fingerprint density at radius 3 is 2.74 bits per heavy atom. The summed E-state index contributed by atoms with van der Waals surface area (Å²) in [7, 11) is 3.10. The van der Waals surface area contributed by atoms with Gasteiger partial charge in [0.05, 0.1) is 18.7 Å². The van der Waals surface area contributed by atoms with E-state index in [1.54, 1.807) is 20.3 Å². The van der Waals surface area contributed by atoms with Crippen LogP contribution in [0.4, 0.5) is 4.39 Å². The Bertz CT molecular complexity index is 448. The van der Waals surface area contributed by atoms with E-state index < -0.39 is 0 Å². The van der Waals surface area contributed by atoms with E-state index in [-0.39, 0.29) is 5.82 Å². The SMILES string of the molecule is COc1cc(Br)c(F)c(CC2CCCCN2)c1OC. The molecule has 1 aromatic rings. The zero-order valence-corrected chi connectivity index (χ0v) is 12.8. The summed E-state index contributed by atoms with van der Waals surface area (Å²) in [4.78, 5) is 0. The summed E-state index contributed by atoms with van der Waals surface area (Å²) in [6, 6.07) is 1.91. The van der Waals surface area contributed by atoms with Gasteiger partial charge < -0.3 is 14.8 Å². The number of benzene rings is 1. The molecule has 5 heteroatoms. The van der Waals surface area contributed by atoms with Crippen molar-refractivity contribution in [2.24, 2.45) is 0 Å². The van der Waals surface area contributed by atoms with Crippen LogP contribution >= 0.6 is 15.9 Å². The fourth-order valence-corrected chi connectivity index (χ4v) is 2.99. The number of piperidine rings is 1. The van der Waals surface area contributed by atoms with E-state index in [1.165, 1.54) is 12.8 Å². The molecule has 1 heterocycles. The third-order valence-corrected chi connectivity index (χ3v) is 4.09. The summed E-state index contributed by atoms with van der Waals surface area (Å²) in [5, 5.41) is 3.42.